The normalized spacial score (nSPS) is 22.1. The maximum Gasteiger partial charge on any atom is 0.238 e. The number of amides is 2. The van der Waals surface area contributed by atoms with Crippen LogP contribution in [0.3, 0.4) is 0 Å². The molecule has 2 aliphatic heterocycles. The van der Waals surface area contributed by atoms with E-state index in [4.69, 9.17) is 4.74 Å². The van der Waals surface area contributed by atoms with E-state index in [1.165, 1.54) is 0 Å². The van der Waals surface area contributed by atoms with Crippen molar-refractivity contribution in [2.24, 2.45) is 5.92 Å². The van der Waals surface area contributed by atoms with E-state index in [0.29, 0.717) is 32.0 Å². The summed E-state index contributed by atoms with van der Waals surface area (Å²) in [4.78, 5) is 27.2. The third-order valence-electron chi connectivity index (χ3n) is 7.32. The first kappa shape index (κ1) is 25.9. The van der Waals surface area contributed by atoms with Crippen molar-refractivity contribution < 1.29 is 14.3 Å². The second-order valence-electron chi connectivity index (χ2n) is 10.1. The third-order valence-corrected chi connectivity index (χ3v) is 7.32. The third kappa shape index (κ3) is 5.95. The van der Waals surface area contributed by atoms with Crippen molar-refractivity contribution in [1.82, 2.24) is 10.6 Å². The van der Waals surface area contributed by atoms with Crippen LogP contribution in [0, 0.1) is 17.2 Å². The SMILES string of the molecule is COCCCN1C(=O)Cc2ccc(-c3ccc(C[C@@H](C#N)NC(=O)[C@H]4N[C@@H](C)CC[C@H]4C)cc3)cc21. The Morgan fingerprint density at radius 3 is 2.67 bits per heavy atom. The van der Waals surface area contributed by atoms with Crippen LogP contribution in [0.15, 0.2) is 42.5 Å². The highest BCUT2D eigenvalue weighted by molar-refractivity contribution is 6.02. The maximum absolute atomic E-state index is 12.8. The van der Waals surface area contributed by atoms with Gasteiger partial charge in [0.05, 0.1) is 18.5 Å². The smallest absolute Gasteiger partial charge is 0.238 e. The number of nitrogens with one attached hydrogen (secondary N) is 2. The van der Waals surface area contributed by atoms with Crippen molar-refractivity contribution >= 4 is 17.5 Å². The minimum Gasteiger partial charge on any atom is -0.385 e. The number of hydrogen-bond acceptors (Lipinski definition) is 5. The van der Waals surface area contributed by atoms with Gasteiger partial charge in [0.1, 0.15) is 6.04 Å². The highest BCUT2D eigenvalue weighted by atomic mass is 16.5. The Labute approximate surface area is 213 Å². The van der Waals surface area contributed by atoms with Gasteiger partial charge in [-0.05, 0) is 60.4 Å². The van der Waals surface area contributed by atoms with Gasteiger partial charge in [-0.2, -0.15) is 5.26 Å². The van der Waals surface area contributed by atoms with E-state index in [0.717, 1.165) is 47.2 Å². The summed E-state index contributed by atoms with van der Waals surface area (Å²) in [5.41, 5.74) is 5.11. The van der Waals surface area contributed by atoms with E-state index in [2.05, 4.69) is 42.7 Å². The van der Waals surface area contributed by atoms with E-state index in [1.807, 2.05) is 35.2 Å². The van der Waals surface area contributed by atoms with E-state index in [-0.39, 0.29) is 23.8 Å². The number of nitriles is 1. The molecule has 0 aliphatic carbocycles. The van der Waals surface area contributed by atoms with Gasteiger partial charge in [-0.15, -0.1) is 0 Å². The average Bonchev–Trinajstić information content (AvgIpc) is 3.19. The summed E-state index contributed by atoms with van der Waals surface area (Å²) in [6.07, 6.45) is 3.76. The zero-order valence-corrected chi connectivity index (χ0v) is 21.4. The molecule has 0 aromatic heterocycles. The first-order valence-electron chi connectivity index (χ1n) is 12.9. The molecule has 7 heteroatoms. The van der Waals surface area contributed by atoms with Gasteiger partial charge in [0, 0.05) is 38.4 Å². The Balaban J connectivity index is 1.41. The lowest BCUT2D eigenvalue weighted by Gasteiger charge is -2.33. The van der Waals surface area contributed by atoms with Gasteiger partial charge in [0.25, 0.3) is 0 Å². The number of fused-ring (bicyclic) bond motifs is 1. The lowest BCUT2D eigenvalue weighted by molar-refractivity contribution is -0.125. The van der Waals surface area contributed by atoms with Crippen LogP contribution in [-0.4, -0.2) is 50.2 Å². The fraction of sp³-hybridized carbons (Fsp3) is 0.483. The van der Waals surface area contributed by atoms with Gasteiger partial charge < -0.3 is 20.3 Å². The number of ether oxygens (including phenoxy) is 1. The summed E-state index contributed by atoms with van der Waals surface area (Å²) in [5, 5.41) is 16.0. The molecule has 36 heavy (non-hydrogen) atoms. The Bertz CT molecular complexity index is 1120. The number of piperidine rings is 1. The van der Waals surface area contributed by atoms with Gasteiger partial charge in [-0.3, -0.25) is 9.59 Å². The van der Waals surface area contributed by atoms with Crippen molar-refractivity contribution in [3.05, 3.63) is 53.6 Å². The molecule has 2 aromatic carbocycles. The van der Waals surface area contributed by atoms with Crippen LogP contribution in [0.5, 0.6) is 0 Å². The number of hydrogen-bond donors (Lipinski definition) is 2. The van der Waals surface area contributed by atoms with Crippen LogP contribution in [0.1, 0.15) is 44.2 Å². The monoisotopic (exact) mass is 488 g/mol. The summed E-state index contributed by atoms with van der Waals surface area (Å²) in [6.45, 7) is 5.45. The van der Waals surface area contributed by atoms with Crippen molar-refractivity contribution in [1.29, 1.82) is 5.26 Å². The van der Waals surface area contributed by atoms with E-state index < -0.39 is 6.04 Å². The van der Waals surface area contributed by atoms with Crippen LogP contribution < -0.4 is 15.5 Å². The molecule has 7 nitrogen and oxygen atoms in total. The molecule has 0 bridgehead atoms. The first-order chi connectivity index (χ1) is 17.4. The van der Waals surface area contributed by atoms with Crippen molar-refractivity contribution in [2.45, 2.75) is 64.1 Å². The summed E-state index contributed by atoms with van der Waals surface area (Å²) in [5.74, 6) is 0.281. The summed E-state index contributed by atoms with van der Waals surface area (Å²) < 4.78 is 5.14. The molecular weight excluding hydrogens is 452 g/mol. The van der Waals surface area contributed by atoms with E-state index >= 15 is 0 Å². The Morgan fingerprint density at radius 2 is 1.94 bits per heavy atom. The molecule has 4 rings (SSSR count). The van der Waals surface area contributed by atoms with Crippen LogP contribution in [0.4, 0.5) is 5.69 Å². The molecule has 0 spiro atoms. The average molecular weight is 489 g/mol. The fourth-order valence-corrected chi connectivity index (χ4v) is 5.18. The second-order valence-corrected chi connectivity index (χ2v) is 10.1. The molecule has 0 unspecified atom stereocenters. The highest BCUT2D eigenvalue weighted by Gasteiger charge is 2.31. The molecular formula is C29H36N4O3. The van der Waals surface area contributed by atoms with E-state index in [9.17, 15) is 14.9 Å². The summed E-state index contributed by atoms with van der Waals surface area (Å²) in [7, 11) is 1.67. The number of carbonyl (C=O) groups is 2. The Hall–Kier alpha value is -3.21. The topological polar surface area (TPSA) is 94.5 Å². The molecule has 190 valence electrons. The first-order valence-corrected chi connectivity index (χ1v) is 12.9. The molecule has 2 N–H and O–H groups in total. The lowest BCUT2D eigenvalue weighted by atomic mass is 9.88. The molecule has 2 aliphatic rings. The number of nitrogens with zero attached hydrogens (tertiary/aromatic N) is 2. The predicted octanol–water partition coefficient (Wildman–Crippen LogP) is 3.61. The summed E-state index contributed by atoms with van der Waals surface area (Å²) >= 11 is 0. The maximum atomic E-state index is 12.8. The Kier molecular flexibility index (Phi) is 8.40. The Morgan fingerprint density at radius 1 is 1.19 bits per heavy atom. The fourth-order valence-electron chi connectivity index (χ4n) is 5.18. The molecule has 0 saturated carbocycles. The number of carbonyl (C=O) groups excluding carboxylic acids is 2. The van der Waals surface area contributed by atoms with Crippen LogP contribution in [0.2, 0.25) is 0 Å². The standard InChI is InChI=1S/C29H36N4O3/c1-19-5-6-20(2)31-28(19)29(35)32-25(18-30)15-21-7-9-22(10-8-21)23-11-12-24-17-27(34)33(26(24)16-23)13-4-14-36-3/h7-12,16,19-20,25,28,31H,4-6,13-15,17H2,1-3H3,(H,32,35)/t19-,20+,25+,28+/m1/s1. The molecule has 1 saturated heterocycles. The van der Waals surface area contributed by atoms with Crippen molar-refractivity contribution in [2.75, 3.05) is 25.2 Å². The largest absolute Gasteiger partial charge is 0.385 e. The van der Waals surface area contributed by atoms with Crippen LogP contribution >= 0.6 is 0 Å². The minimum absolute atomic E-state index is 0.0973. The zero-order valence-electron chi connectivity index (χ0n) is 21.4. The van der Waals surface area contributed by atoms with Crippen molar-refractivity contribution in [3.8, 4) is 17.2 Å². The molecule has 1 fully saturated rings. The summed E-state index contributed by atoms with van der Waals surface area (Å²) in [6, 6.07) is 16.0. The van der Waals surface area contributed by atoms with Gasteiger partial charge in [0.2, 0.25) is 11.8 Å². The van der Waals surface area contributed by atoms with Gasteiger partial charge >= 0.3 is 0 Å². The minimum atomic E-state index is -0.582. The number of rotatable bonds is 9. The molecule has 0 radical (unpaired) electrons. The van der Waals surface area contributed by atoms with Gasteiger partial charge in [-0.25, -0.2) is 0 Å². The molecule has 2 aromatic rings. The van der Waals surface area contributed by atoms with Crippen LogP contribution in [0.25, 0.3) is 11.1 Å². The number of benzene rings is 2. The van der Waals surface area contributed by atoms with Crippen LogP contribution in [-0.2, 0) is 27.2 Å². The second kappa shape index (κ2) is 11.7. The highest BCUT2D eigenvalue weighted by Crippen LogP contribution is 2.33. The quantitative estimate of drug-likeness (QED) is 0.526. The number of anilines is 1. The zero-order chi connectivity index (χ0) is 25.7. The lowest BCUT2D eigenvalue weighted by Crippen LogP contribution is -2.55. The molecule has 2 amide bonds. The molecule has 2 heterocycles. The van der Waals surface area contributed by atoms with Gasteiger partial charge in [0.15, 0.2) is 0 Å². The predicted molar refractivity (Wildman–Crippen MR) is 140 cm³/mol. The van der Waals surface area contributed by atoms with E-state index in [1.54, 1.807) is 7.11 Å². The van der Waals surface area contributed by atoms with Crippen molar-refractivity contribution in [3.63, 3.8) is 0 Å². The number of methoxy groups -OCH3 is 1. The van der Waals surface area contributed by atoms with Gasteiger partial charge in [-0.1, -0.05) is 43.3 Å². The molecule has 4 atom stereocenters.